The second kappa shape index (κ2) is 9.15. The number of para-hydroxylation sites is 1. The highest BCUT2D eigenvalue weighted by molar-refractivity contribution is 5.98. The van der Waals surface area contributed by atoms with Gasteiger partial charge in [-0.1, -0.05) is 12.1 Å². The summed E-state index contributed by atoms with van der Waals surface area (Å²) in [5.41, 5.74) is 1.32. The number of nitrogens with zero attached hydrogens (tertiary/aromatic N) is 5. The lowest BCUT2D eigenvalue weighted by Gasteiger charge is -2.34. The van der Waals surface area contributed by atoms with E-state index in [4.69, 9.17) is 0 Å². The van der Waals surface area contributed by atoms with Crippen LogP contribution in [0.5, 0.6) is 0 Å². The van der Waals surface area contributed by atoms with E-state index in [-0.39, 0.29) is 23.3 Å². The van der Waals surface area contributed by atoms with Crippen LogP contribution >= 0.6 is 0 Å². The molecule has 1 amide bonds. The Labute approximate surface area is 184 Å². The number of piperidine rings is 1. The molecule has 0 radical (unpaired) electrons. The van der Waals surface area contributed by atoms with Gasteiger partial charge >= 0.3 is 5.97 Å². The summed E-state index contributed by atoms with van der Waals surface area (Å²) in [6.07, 6.45) is 5.14. The monoisotopic (exact) mass is 436 g/mol. The van der Waals surface area contributed by atoms with Gasteiger partial charge in [-0.3, -0.25) is 4.79 Å². The molecule has 1 fully saturated rings. The van der Waals surface area contributed by atoms with Crippen LogP contribution in [0.1, 0.15) is 52.1 Å². The molecular weight excluding hydrogens is 412 g/mol. The number of likely N-dealkylation sites (tertiary alicyclic amines) is 1. The number of rotatable bonds is 6. The molecule has 1 saturated heterocycles. The van der Waals surface area contributed by atoms with E-state index in [9.17, 15) is 19.8 Å². The summed E-state index contributed by atoms with van der Waals surface area (Å²) in [5.74, 6) is -1.12. The van der Waals surface area contributed by atoms with E-state index >= 15 is 0 Å². The van der Waals surface area contributed by atoms with Crippen LogP contribution in [-0.2, 0) is 0 Å². The van der Waals surface area contributed by atoms with E-state index in [0.717, 1.165) is 12.8 Å². The number of anilines is 1. The molecule has 4 rings (SSSR count). The number of aliphatic hydroxyl groups excluding tert-OH is 1. The van der Waals surface area contributed by atoms with Crippen molar-refractivity contribution in [1.29, 1.82) is 0 Å². The zero-order valence-electron chi connectivity index (χ0n) is 17.5. The van der Waals surface area contributed by atoms with Crippen molar-refractivity contribution in [2.75, 3.05) is 18.4 Å². The van der Waals surface area contributed by atoms with Gasteiger partial charge in [-0.2, -0.15) is 15.0 Å². The predicted octanol–water partition coefficient (Wildman–Crippen LogP) is 2.13. The molecular formula is C22H24N6O4. The molecule has 1 aliphatic heterocycles. The zero-order valence-corrected chi connectivity index (χ0v) is 17.5. The minimum Gasteiger partial charge on any atom is -0.478 e. The number of amides is 1. The number of benzene rings is 1. The van der Waals surface area contributed by atoms with Crippen LogP contribution in [0, 0.1) is 0 Å². The number of aromatic nitrogens is 4. The number of aliphatic hydroxyl groups is 1. The molecule has 1 aliphatic rings. The van der Waals surface area contributed by atoms with Crippen LogP contribution < -0.4 is 5.32 Å². The predicted molar refractivity (Wildman–Crippen MR) is 116 cm³/mol. The number of carbonyl (C=O) groups is 2. The first-order valence-electron chi connectivity index (χ1n) is 10.4. The lowest BCUT2D eigenvalue weighted by molar-refractivity contribution is 0.0684. The SMILES string of the molecule is CC(O)c1ccnc(NC2CCCN(C(=O)c3ccccc3-n3nccn3)C2)c1C(=O)O. The highest BCUT2D eigenvalue weighted by atomic mass is 16.4. The summed E-state index contributed by atoms with van der Waals surface area (Å²) in [6.45, 7) is 2.49. The summed E-state index contributed by atoms with van der Waals surface area (Å²) in [4.78, 5) is 32.5. The number of aromatic carboxylic acids is 1. The molecule has 0 aliphatic carbocycles. The molecule has 3 aromatic rings. The summed E-state index contributed by atoms with van der Waals surface area (Å²) < 4.78 is 0. The van der Waals surface area contributed by atoms with Crippen molar-refractivity contribution < 1.29 is 19.8 Å². The van der Waals surface area contributed by atoms with Gasteiger partial charge in [-0.05, 0) is 43.5 Å². The molecule has 10 heteroatoms. The van der Waals surface area contributed by atoms with E-state index in [0.29, 0.717) is 29.9 Å². The molecule has 3 N–H and O–H groups in total. The smallest absolute Gasteiger partial charge is 0.339 e. The van der Waals surface area contributed by atoms with Crippen molar-refractivity contribution in [2.45, 2.75) is 31.9 Å². The number of carbonyl (C=O) groups excluding carboxylic acids is 1. The van der Waals surface area contributed by atoms with Gasteiger partial charge in [-0.15, -0.1) is 0 Å². The molecule has 0 bridgehead atoms. The fourth-order valence-corrected chi connectivity index (χ4v) is 3.97. The highest BCUT2D eigenvalue weighted by Crippen LogP contribution is 2.26. The summed E-state index contributed by atoms with van der Waals surface area (Å²) >= 11 is 0. The first-order valence-corrected chi connectivity index (χ1v) is 10.4. The van der Waals surface area contributed by atoms with Crippen LogP contribution in [-0.4, -0.2) is 66.1 Å². The van der Waals surface area contributed by atoms with Gasteiger partial charge < -0.3 is 20.4 Å². The largest absolute Gasteiger partial charge is 0.478 e. The molecule has 2 aromatic heterocycles. The number of hydrogen-bond acceptors (Lipinski definition) is 7. The maximum Gasteiger partial charge on any atom is 0.339 e. The molecule has 2 atom stereocenters. The Balaban J connectivity index is 1.55. The molecule has 2 unspecified atom stereocenters. The van der Waals surface area contributed by atoms with Gasteiger partial charge in [0.2, 0.25) is 0 Å². The minimum atomic E-state index is -1.17. The fourth-order valence-electron chi connectivity index (χ4n) is 3.97. The molecule has 0 saturated carbocycles. The van der Waals surface area contributed by atoms with Gasteiger partial charge in [-0.25, -0.2) is 9.78 Å². The fraction of sp³-hybridized carbons (Fsp3) is 0.318. The Kier molecular flexibility index (Phi) is 6.13. The average Bonchev–Trinajstić information content (AvgIpc) is 3.33. The molecule has 32 heavy (non-hydrogen) atoms. The Morgan fingerprint density at radius 2 is 1.91 bits per heavy atom. The van der Waals surface area contributed by atoms with Gasteiger partial charge in [0.15, 0.2) is 0 Å². The van der Waals surface area contributed by atoms with Gasteiger partial charge in [0.05, 0.1) is 29.7 Å². The van der Waals surface area contributed by atoms with Crippen LogP contribution in [0.2, 0.25) is 0 Å². The summed E-state index contributed by atoms with van der Waals surface area (Å²) in [7, 11) is 0. The van der Waals surface area contributed by atoms with Crippen molar-refractivity contribution in [3.8, 4) is 5.69 Å². The van der Waals surface area contributed by atoms with Gasteiger partial charge in [0, 0.05) is 25.3 Å². The van der Waals surface area contributed by atoms with Gasteiger partial charge in [0.25, 0.3) is 5.91 Å². The third kappa shape index (κ3) is 4.30. The first kappa shape index (κ1) is 21.4. The normalized spacial score (nSPS) is 17.1. The Bertz CT molecular complexity index is 1120. The van der Waals surface area contributed by atoms with E-state index in [2.05, 4.69) is 20.5 Å². The molecule has 0 spiro atoms. The van der Waals surface area contributed by atoms with Crippen molar-refractivity contribution in [2.24, 2.45) is 0 Å². The Morgan fingerprint density at radius 3 is 2.62 bits per heavy atom. The number of carboxylic acid groups (broad SMARTS) is 1. The van der Waals surface area contributed by atoms with Crippen molar-refractivity contribution in [3.63, 3.8) is 0 Å². The Hall–Kier alpha value is -3.79. The van der Waals surface area contributed by atoms with Crippen molar-refractivity contribution in [3.05, 3.63) is 65.6 Å². The second-order valence-corrected chi connectivity index (χ2v) is 7.68. The van der Waals surface area contributed by atoms with Crippen LogP contribution in [0.25, 0.3) is 5.69 Å². The molecule has 166 valence electrons. The summed E-state index contributed by atoms with van der Waals surface area (Å²) in [6, 6.07) is 8.47. The zero-order chi connectivity index (χ0) is 22.7. The summed E-state index contributed by atoms with van der Waals surface area (Å²) in [5, 5.41) is 31.1. The minimum absolute atomic E-state index is 0.0546. The maximum absolute atomic E-state index is 13.3. The lowest BCUT2D eigenvalue weighted by atomic mass is 10.0. The van der Waals surface area contributed by atoms with Crippen LogP contribution in [0.4, 0.5) is 5.82 Å². The number of hydrogen-bond donors (Lipinski definition) is 3. The number of nitrogens with one attached hydrogen (secondary N) is 1. The maximum atomic E-state index is 13.3. The van der Waals surface area contributed by atoms with Crippen molar-refractivity contribution in [1.82, 2.24) is 24.9 Å². The Morgan fingerprint density at radius 1 is 1.16 bits per heavy atom. The molecule has 10 nitrogen and oxygen atoms in total. The van der Waals surface area contributed by atoms with E-state index < -0.39 is 12.1 Å². The number of pyridine rings is 1. The molecule has 3 heterocycles. The van der Waals surface area contributed by atoms with E-state index in [1.54, 1.807) is 35.5 Å². The van der Waals surface area contributed by atoms with Crippen LogP contribution in [0.3, 0.4) is 0 Å². The second-order valence-electron chi connectivity index (χ2n) is 7.68. The number of carboxylic acids is 1. The first-order chi connectivity index (χ1) is 15.5. The molecule has 1 aromatic carbocycles. The van der Waals surface area contributed by atoms with Crippen molar-refractivity contribution >= 4 is 17.7 Å². The van der Waals surface area contributed by atoms with E-state index in [1.165, 1.54) is 24.0 Å². The van der Waals surface area contributed by atoms with Gasteiger partial charge in [0.1, 0.15) is 11.4 Å². The van der Waals surface area contributed by atoms with E-state index in [1.807, 2.05) is 6.07 Å². The topological polar surface area (TPSA) is 133 Å². The standard InChI is InChI=1S/C22H24N6O4/c1-14(29)16-8-9-23-20(19(16)22(31)32)26-15-5-4-12-27(13-15)21(30)17-6-2-3-7-18(17)28-24-10-11-25-28/h2-3,6-11,14-15,29H,4-5,12-13H2,1H3,(H,23,26)(H,31,32). The third-order valence-corrected chi connectivity index (χ3v) is 5.47. The van der Waals surface area contributed by atoms with Crippen LogP contribution in [0.15, 0.2) is 48.9 Å². The highest BCUT2D eigenvalue weighted by Gasteiger charge is 2.28. The lowest BCUT2D eigenvalue weighted by Crippen LogP contribution is -2.45. The quantitative estimate of drug-likeness (QED) is 0.535. The third-order valence-electron chi connectivity index (χ3n) is 5.47. The average molecular weight is 436 g/mol.